The van der Waals surface area contributed by atoms with Gasteiger partial charge in [-0.1, -0.05) is 0 Å². The molecule has 3 fully saturated rings. The summed E-state index contributed by atoms with van der Waals surface area (Å²) in [6.45, 7) is 2.42. The summed E-state index contributed by atoms with van der Waals surface area (Å²) in [7, 11) is 1.64. The number of carbonyl (C=O) groups is 2. The van der Waals surface area contributed by atoms with Crippen LogP contribution in [0, 0.1) is 0 Å². The Morgan fingerprint density at radius 3 is 2.65 bits per heavy atom. The number of carbonyl (C=O) groups excluding carboxylic acids is 2. The first-order valence-electron chi connectivity index (χ1n) is 9.17. The Hall–Kier alpha value is -2.44. The van der Waals surface area contributed by atoms with Gasteiger partial charge in [0, 0.05) is 29.9 Å². The number of methoxy groups -OCH3 is 1. The lowest BCUT2D eigenvalue weighted by Crippen LogP contribution is -2.52. The van der Waals surface area contributed by atoms with Gasteiger partial charge in [-0.3, -0.25) is 9.69 Å². The molecule has 2 saturated carbocycles. The average molecular weight is 358 g/mol. The zero-order valence-electron chi connectivity index (χ0n) is 14.9. The number of ether oxygens (including phenoxy) is 3. The van der Waals surface area contributed by atoms with E-state index in [0.717, 1.165) is 29.9 Å². The zero-order valence-corrected chi connectivity index (χ0v) is 14.9. The molecule has 2 heterocycles. The van der Waals surface area contributed by atoms with E-state index in [1.807, 2.05) is 12.1 Å². The molecule has 1 atom stereocenters. The van der Waals surface area contributed by atoms with Gasteiger partial charge in [-0.05, 0) is 31.9 Å². The summed E-state index contributed by atoms with van der Waals surface area (Å²) in [5.41, 5.74) is 1.21. The van der Waals surface area contributed by atoms with E-state index in [1.54, 1.807) is 14.0 Å². The van der Waals surface area contributed by atoms with Crippen molar-refractivity contribution in [3.63, 3.8) is 0 Å². The molecule has 0 unspecified atom stereocenters. The van der Waals surface area contributed by atoms with Crippen LogP contribution < -0.4 is 19.5 Å². The van der Waals surface area contributed by atoms with Gasteiger partial charge in [-0.15, -0.1) is 0 Å². The molecule has 138 valence electrons. The van der Waals surface area contributed by atoms with Crippen molar-refractivity contribution in [3.05, 3.63) is 17.7 Å². The van der Waals surface area contributed by atoms with Crippen LogP contribution in [0.1, 0.15) is 38.2 Å². The zero-order chi connectivity index (χ0) is 18.1. The normalized spacial score (nSPS) is 30.5. The molecular formula is C19H22N2O5. The summed E-state index contributed by atoms with van der Waals surface area (Å²) in [5.74, 6) is 2.22. The first-order chi connectivity index (χ1) is 12.5. The van der Waals surface area contributed by atoms with Crippen LogP contribution in [0.4, 0.5) is 4.79 Å². The van der Waals surface area contributed by atoms with Crippen LogP contribution in [0.5, 0.6) is 17.2 Å². The molecule has 0 bridgehead atoms. The minimum Gasteiger partial charge on any atom is -0.493 e. The van der Waals surface area contributed by atoms with E-state index in [9.17, 15) is 9.59 Å². The second-order valence-electron chi connectivity index (χ2n) is 7.78. The first kappa shape index (κ1) is 15.8. The van der Waals surface area contributed by atoms with Gasteiger partial charge in [-0.25, -0.2) is 4.79 Å². The fourth-order valence-electron chi connectivity index (χ4n) is 4.26. The summed E-state index contributed by atoms with van der Waals surface area (Å²) >= 11 is 0. The quantitative estimate of drug-likeness (QED) is 0.833. The highest BCUT2D eigenvalue weighted by atomic mass is 16.5. The summed E-state index contributed by atoms with van der Waals surface area (Å²) in [6.07, 6.45) is 3.47. The Kier molecular flexibility index (Phi) is 3.21. The third-order valence-electron chi connectivity index (χ3n) is 6.08. The summed E-state index contributed by atoms with van der Waals surface area (Å²) in [5, 5.41) is 2.66. The fourth-order valence-corrected chi connectivity index (χ4v) is 4.26. The van der Waals surface area contributed by atoms with Crippen LogP contribution in [0.3, 0.4) is 0 Å². The lowest BCUT2D eigenvalue weighted by molar-refractivity contribution is -0.131. The van der Waals surface area contributed by atoms with Gasteiger partial charge in [-0.2, -0.15) is 0 Å². The summed E-state index contributed by atoms with van der Waals surface area (Å²) < 4.78 is 17.7. The predicted octanol–water partition coefficient (Wildman–Crippen LogP) is 1.97. The van der Waals surface area contributed by atoms with Crippen molar-refractivity contribution < 1.29 is 23.8 Å². The highest BCUT2D eigenvalue weighted by Gasteiger charge is 2.54. The molecule has 2 aliphatic carbocycles. The molecule has 7 nitrogen and oxygen atoms in total. The monoisotopic (exact) mass is 358 g/mol. The van der Waals surface area contributed by atoms with Crippen molar-refractivity contribution in [1.82, 2.24) is 10.2 Å². The first-order valence-corrected chi connectivity index (χ1v) is 9.17. The van der Waals surface area contributed by atoms with Crippen LogP contribution in [-0.2, 0) is 10.2 Å². The Bertz CT molecular complexity index is 797. The standard InChI is InChI=1S/C19H22N2O5/c1-10-17(22)21(18(23)20-10)11-7-12(8-11)26-16-14(24-2)4-3-13-15(16)19(5-6-19)9-25-13/h3-4,10-12H,5-9H2,1-2H3,(H,20,23)/t10-,11?,12?/m0/s1. The van der Waals surface area contributed by atoms with E-state index < -0.39 is 6.04 Å². The molecule has 2 aliphatic heterocycles. The number of urea groups is 1. The molecular weight excluding hydrogens is 336 g/mol. The Labute approximate surface area is 151 Å². The molecule has 4 aliphatic rings. The highest BCUT2D eigenvalue weighted by Crippen LogP contribution is 2.60. The minimum absolute atomic E-state index is 0.0340. The largest absolute Gasteiger partial charge is 0.493 e. The number of nitrogens with zero attached hydrogens (tertiary/aromatic N) is 1. The second-order valence-corrected chi connectivity index (χ2v) is 7.78. The molecule has 0 aromatic heterocycles. The molecule has 5 rings (SSSR count). The van der Waals surface area contributed by atoms with Crippen LogP contribution >= 0.6 is 0 Å². The Balaban J connectivity index is 1.34. The number of imide groups is 1. The van der Waals surface area contributed by atoms with E-state index >= 15 is 0 Å². The van der Waals surface area contributed by atoms with Gasteiger partial charge in [0.25, 0.3) is 5.91 Å². The van der Waals surface area contributed by atoms with Gasteiger partial charge in [0.05, 0.1) is 13.7 Å². The van der Waals surface area contributed by atoms with E-state index in [1.165, 1.54) is 4.90 Å². The van der Waals surface area contributed by atoms with E-state index in [0.29, 0.717) is 25.2 Å². The maximum Gasteiger partial charge on any atom is 0.325 e. The van der Waals surface area contributed by atoms with Crippen molar-refractivity contribution in [2.45, 2.75) is 56.2 Å². The fraction of sp³-hybridized carbons (Fsp3) is 0.579. The van der Waals surface area contributed by atoms with E-state index in [2.05, 4.69) is 5.32 Å². The number of rotatable bonds is 4. The molecule has 7 heteroatoms. The number of nitrogens with one attached hydrogen (secondary N) is 1. The van der Waals surface area contributed by atoms with Crippen LogP contribution in [-0.4, -0.2) is 48.7 Å². The maximum atomic E-state index is 12.1. The smallest absolute Gasteiger partial charge is 0.325 e. The molecule has 1 saturated heterocycles. The van der Waals surface area contributed by atoms with Crippen LogP contribution in [0.2, 0.25) is 0 Å². The van der Waals surface area contributed by atoms with Crippen molar-refractivity contribution in [2.24, 2.45) is 0 Å². The number of fused-ring (bicyclic) bond motifs is 2. The maximum absolute atomic E-state index is 12.1. The number of hydrogen-bond donors (Lipinski definition) is 1. The Morgan fingerprint density at radius 1 is 1.27 bits per heavy atom. The molecule has 1 spiro atoms. The molecule has 3 amide bonds. The highest BCUT2D eigenvalue weighted by molar-refractivity contribution is 6.04. The van der Waals surface area contributed by atoms with Crippen LogP contribution in [0.25, 0.3) is 0 Å². The topological polar surface area (TPSA) is 77.1 Å². The van der Waals surface area contributed by atoms with Crippen molar-refractivity contribution in [3.8, 4) is 17.2 Å². The summed E-state index contributed by atoms with van der Waals surface area (Å²) in [6, 6.07) is 3.00. The van der Waals surface area contributed by atoms with Gasteiger partial charge in [0.15, 0.2) is 11.5 Å². The van der Waals surface area contributed by atoms with Crippen LogP contribution in [0.15, 0.2) is 12.1 Å². The van der Waals surface area contributed by atoms with Crippen molar-refractivity contribution >= 4 is 11.9 Å². The third kappa shape index (κ3) is 2.12. The van der Waals surface area contributed by atoms with Gasteiger partial charge < -0.3 is 19.5 Å². The van der Waals surface area contributed by atoms with E-state index in [4.69, 9.17) is 14.2 Å². The SMILES string of the molecule is COc1ccc2c(c1OC1CC(N3C(=O)N[C@@H](C)C3=O)C1)C1(CC1)CO2. The molecule has 26 heavy (non-hydrogen) atoms. The lowest BCUT2D eigenvalue weighted by atomic mass is 9.87. The number of benzene rings is 1. The van der Waals surface area contributed by atoms with Gasteiger partial charge >= 0.3 is 6.03 Å². The third-order valence-corrected chi connectivity index (χ3v) is 6.08. The molecule has 1 aromatic rings. The molecule has 1 aromatic carbocycles. The van der Waals surface area contributed by atoms with E-state index in [-0.39, 0.29) is 29.5 Å². The van der Waals surface area contributed by atoms with Crippen molar-refractivity contribution in [1.29, 1.82) is 0 Å². The van der Waals surface area contributed by atoms with Gasteiger partial charge in [0.1, 0.15) is 17.9 Å². The molecule has 0 radical (unpaired) electrons. The summed E-state index contributed by atoms with van der Waals surface area (Å²) in [4.78, 5) is 25.4. The van der Waals surface area contributed by atoms with Crippen molar-refractivity contribution in [2.75, 3.05) is 13.7 Å². The lowest BCUT2D eigenvalue weighted by Gasteiger charge is -2.39. The number of hydrogen-bond acceptors (Lipinski definition) is 5. The predicted molar refractivity (Wildman–Crippen MR) is 91.7 cm³/mol. The second kappa shape index (κ2) is 5.28. The molecule has 1 N–H and O–H groups in total. The number of amides is 3. The minimum atomic E-state index is -0.438. The van der Waals surface area contributed by atoms with Gasteiger partial charge in [0.2, 0.25) is 0 Å². The Morgan fingerprint density at radius 2 is 2.04 bits per heavy atom. The average Bonchev–Trinajstić information content (AvgIpc) is 3.21.